The number of ether oxygens (including phenoxy) is 1. The zero-order chi connectivity index (χ0) is 12.6. The van der Waals surface area contributed by atoms with Crippen molar-refractivity contribution in [2.75, 3.05) is 7.11 Å². The van der Waals surface area contributed by atoms with Crippen molar-refractivity contribution in [3.8, 4) is 5.75 Å². The summed E-state index contributed by atoms with van der Waals surface area (Å²) < 4.78 is 10.1. The van der Waals surface area contributed by atoms with E-state index in [1.54, 1.807) is 7.11 Å². The van der Waals surface area contributed by atoms with Crippen molar-refractivity contribution in [1.29, 1.82) is 0 Å². The van der Waals surface area contributed by atoms with Gasteiger partial charge < -0.3 is 15.0 Å². The van der Waals surface area contributed by atoms with Crippen LogP contribution in [0.5, 0.6) is 5.75 Å². The Balaban J connectivity index is 2.12. The van der Waals surface area contributed by atoms with Crippen LogP contribution in [-0.4, -0.2) is 17.3 Å². The minimum Gasteiger partial charge on any atom is -0.497 e. The van der Waals surface area contributed by atoms with Crippen molar-refractivity contribution >= 4 is 0 Å². The molecule has 0 radical (unpaired) electrons. The van der Waals surface area contributed by atoms with Gasteiger partial charge in [-0.15, -0.1) is 0 Å². The number of nitrogens with two attached hydrogens (primary N) is 1. The van der Waals surface area contributed by atoms with Crippen LogP contribution in [0, 0.1) is 0 Å². The second-order valence-corrected chi connectivity index (χ2v) is 4.60. The SMILES string of the molecule is COc1ccc2c(c1)CCCC2(N)c1ncon1. The summed E-state index contributed by atoms with van der Waals surface area (Å²) in [6, 6.07) is 5.96. The molecular weight excluding hydrogens is 230 g/mol. The maximum atomic E-state index is 6.50. The molecule has 1 atom stereocenters. The maximum absolute atomic E-state index is 6.50. The van der Waals surface area contributed by atoms with E-state index in [1.807, 2.05) is 18.2 Å². The molecule has 1 aromatic heterocycles. The molecule has 5 heteroatoms. The maximum Gasteiger partial charge on any atom is 0.213 e. The van der Waals surface area contributed by atoms with Gasteiger partial charge in [0.05, 0.1) is 7.11 Å². The van der Waals surface area contributed by atoms with Crippen molar-refractivity contribution in [3.05, 3.63) is 41.5 Å². The number of benzene rings is 1. The largest absolute Gasteiger partial charge is 0.497 e. The summed E-state index contributed by atoms with van der Waals surface area (Å²) in [6.45, 7) is 0. The minimum absolute atomic E-state index is 0.550. The molecule has 1 aromatic carbocycles. The first-order valence-electron chi connectivity index (χ1n) is 5.97. The highest BCUT2D eigenvalue weighted by atomic mass is 16.5. The lowest BCUT2D eigenvalue weighted by atomic mass is 9.76. The molecule has 2 aromatic rings. The summed E-state index contributed by atoms with van der Waals surface area (Å²) in [7, 11) is 1.67. The Labute approximate surface area is 105 Å². The number of fused-ring (bicyclic) bond motifs is 1. The number of hydrogen-bond acceptors (Lipinski definition) is 5. The molecule has 2 N–H and O–H groups in total. The lowest BCUT2D eigenvalue weighted by Crippen LogP contribution is -2.42. The van der Waals surface area contributed by atoms with Crippen molar-refractivity contribution in [3.63, 3.8) is 0 Å². The Morgan fingerprint density at radius 3 is 3.06 bits per heavy atom. The molecule has 0 saturated heterocycles. The van der Waals surface area contributed by atoms with Gasteiger partial charge >= 0.3 is 0 Å². The van der Waals surface area contributed by atoms with Crippen LogP contribution in [0.1, 0.15) is 29.8 Å². The van der Waals surface area contributed by atoms with Crippen LogP contribution in [0.2, 0.25) is 0 Å². The van der Waals surface area contributed by atoms with Crippen LogP contribution in [0.4, 0.5) is 0 Å². The van der Waals surface area contributed by atoms with Crippen LogP contribution in [0.25, 0.3) is 0 Å². The second-order valence-electron chi connectivity index (χ2n) is 4.60. The molecular formula is C13H15N3O2. The van der Waals surface area contributed by atoms with E-state index in [4.69, 9.17) is 15.0 Å². The van der Waals surface area contributed by atoms with Gasteiger partial charge in [0, 0.05) is 0 Å². The highest BCUT2D eigenvalue weighted by Crippen LogP contribution is 2.38. The van der Waals surface area contributed by atoms with Gasteiger partial charge in [0.1, 0.15) is 11.3 Å². The summed E-state index contributed by atoms with van der Waals surface area (Å²) in [5, 5.41) is 3.91. The standard InChI is InChI=1S/C13H15N3O2/c1-17-10-4-5-11-9(7-10)3-2-6-13(11,14)12-15-8-18-16-12/h4-5,7-8H,2-3,6,14H2,1H3. The lowest BCUT2D eigenvalue weighted by Gasteiger charge is -2.33. The Morgan fingerprint density at radius 2 is 2.33 bits per heavy atom. The Kier molecular flexibility index (Phi) is 2.56. The second kappa shape index (κ2) is 4.10. The fourth-order valence-electron chi connectivity index (χ4n) is 2.63. The first-order valence-corrected chi connectivity index (χ1v) is 5.97. The van der Waals surface area contributed by atoms with Gasteiger partial charge in [0.15, 0.2) is 5.82 Å². The molecule has 0 aliphatic heterocycles. The van der Waals surface area contributed by atoms with Crippen molar-refractivity contribution in [1.82, 2.24) is 10.1 Å². The smallest absolute Gasteiger partial charge is 0.213 e. The Bertz CT molecular complexity index is 553. The third kappa shape index (κ3) is 1.59. The molecule has 94 valence electrons. The van der Waals surface area contributed by atoms with Gasteiger partial charge in [-0.25, -0.2) is 0 Å². The van der Waals surface area contributed by atoms with Gasteiger partial charge in [-0.05, 0) is 42.5 Å². The summed E-state index contributed by atoms with van der Waals surface area (Å²) >= 11 is 0. The molecule has 0 amide bonds. The van der Waals surface area contributed by atoms with Crippen molar-refractivity contribution in [2.45, 2.75) is 24.8 Å². The fourth-order valence-corrected chi connectivity index (χ4v) is 2.63. The zero-order valence-corrected chi connectivity index (χ0v) is 10.2. The highest BCUT2D eigenvalue weighted by Gasteiger charge is 2.38. The molecule has 18 heavy (non-hydrogen) atoms. The molecule has 1 unspecified atom stereocenters. The van der Waals surface area contributed by atoms with Crippen LogP contribution in [0.15, 0.2) is 29.1 Å². The van der Waals surface area contributed by atoms with Crippen LogP contribution >= 0.6 is 0 Å². The van der Waals surface area contributed by atoms with Gasteiger partial charge in [-0.2, -0.15) is 4.98 Å². The van der Waals surface area contributed by atoms with E-state index in [0.29, 0.717) is 5.82 Å². The zero-order valence-electron chi connectivity index (χ0n) is 10.2. The molecule has 1 aliphatic carbocycles. The van der Waals surface area contributed by atoms with Crippen LogP contribution < -0.4 is 10.5 Å². The van der Waals surface area contributed by atoms with E-state index in [1.165, 1.54) is 12.0 Å². The number of aromatic nitrogens is 2. The predicted molar refractivity (Wildman–Crippen MR) is 65.2 cm³/mol. The molecule has 0 fully saturated rings. The number of nitrogens with zero attached hydrogens (tertiary/aromatic N) is 2. The van der Waals surface area contributed by atoms with Gasteiger partial charge in [-0.3, -0.25) is 0 Å². The first kappa shape index (κ1) is 11.2. The number of rotatable bonds is 2. The van der Waals surface area contributed by atoms with Crippen molar-refractivity contribution in [2.24, 2.45) is 5.73 Å². The third-order valence-electron chi connectivity index (χ3n) is 3.57. The number of aryl methyl sites for hydroxylation is 1. The Morgan fingerprint density at radius 1 is 1.44 bits per heavy atom. The van der Waals surface area contributed by atoms with Crippen LogP contribution in [0.3, 0.4) is 0 Å². The predicted octanol–water partition coefficient (Wildman–Crippen LogP) is 1.62. The molecule has 1 heterocycles. The molecule has 3 rings (SSSR count). The summed E-state index contributed by atoms with van der Waals surface area (Å²) in [5.41, 5.74) is 8.12. The van der Waals surface area contributed by atoms with E-state index in [9.17, 15) is 0 Å². The third-order valence-corrected chi connectivity index (χ3v) is 3.57. The van der Waals surface area contributed by atoms with Crippen LogP contribution in [-0.2, 0) is 12.0 Å². The highest BCUT2D eigenvalue weighted by molar-refractivity contribution is 5.44. The summed E-state index contributed by atoms with van der Waals surface area (Å²) in [4.78, 5) is 4.12. The molecule has 0 saturated carbocycles. The van der Waals surface area contributed by atoms with E-state index in [2.05, 4.69) is 10.1 Å². The average molecular weight is 245 g/mol. The topological polar surface area (TPSA) is 74.2 Å². The average Bonchev–Trinajstić information content (AvgIpc) is 2.93. The molecule has 5 nitrogen and oxygen atoms in total. The monoisotopic (exact) mass is 245 g/mol. The van der Waals surface area contributed by atoms with E-state index in [-0.39, 0.29) is 0 Å². The Hall–Kier alpha value is -1.88. The first-order chi connectivity index (χ1) is 8.74. The summed E-state index contributed by atoms with van der Waals surface area (Å²) in [5.74, 6) is 1.40. The molecule has 1 aliphatic rings. The molecule has 0 bridgehead atoms. The number of methoxy groups -OCH3 is 1. The van der Waals surface area contributed by atoms with Crippen molar-refractivity contribution < 1.29 is 9.26 Å². The quantitative estimate of drug-likeness (QED) is 0.870. The summed E-state index contributed by atoms with van der Waals surface area (Å²) in [6.07, 6.45) is 4.15. The molecule has 0 spiro atoms. The minimum atomic E-state index is -0.646. The van der Waals surface area contributed by atoms with Gasteiger partial charge in [0.2, 0.25) is 6.39 Å². The fraction of sp³-hybridized carbons (Fsp3) is 0.385. The van der Waals surface area contributed by atoms with Gasteiger partial charge in [0.25, 0.3) is 0 Å². The van der Waals surface area contributed by atoms with E-state index in [0.717, 1.165) is 30.6 Å². The number of hydrogen-bond donors (Lipinski definition) is 1. The van der Waals surface area contributed by atoms with E-state index >= 15 is 0 Å². The van der Waals surface area contributed by atoms with Gasteiger partial charge in [-0.1, -0.05) is 11.2 Å². The lowest BCUT2D eigenvalue weighted by molar-refractivity contribution is 0.365. The normalized spacial score (nSPS) is 22.6. The van der Waals surface area contributed by atoms with E-state index < -0.39 is 5.54 Å².